The van der Waals surface area contributed by atoms with Gasteiger partial charge in [0, 0.05) is 17.1 Å². The van der Waals surface area contributed by atoms with Crippen LogP contribution in [-0.2, 0) is 0 Å². The van der Waals surface area contributed by atoms with Gasteiger partial charge in [-0.25, -0.2) is 0 Å². The first-order valence-electron chi connectivity index (χ1n) is 5.99. The minimum Gasteiger partial charge on any atom is -0.329 e. The first kappa shape index (κ1) is 14.4. The third-order valence-corrected chi connectivity index (χ3v) is 3.65. The quantitative estimate of drug-likeness (QED) is 0.624. The molecule has 0 amide bonds. The Morgan fingerprint density at radius 2 is 2.24 bits per heavy atom. The highest BCUT2D eigenvalue weighted by Crippen LogP contribution is 2.20. The molecule has 0 aromatic heterocycles. The van der Waals surface area contributed by atoms with Crippen molar-refractivity contribution in [1.29, 1.82) is 0 Å². The van der Waals surface area contributed by atoms with Crippen molar-refractivity contribution in [1.82, 2.24) is 5.32 Å². The van der Waals surface area contributed by atoms with E-state index in [0.29, 0.717) is 6.54 Å². The van der Waals surface area contributed by atoms with Gasteiger partial charge < -0.3 is 11.1 Å². The van der Waals surface area contributed by atoms with E-state index in [1.54, 1.807) is 0 Å². The first-order chi connectivity index (χ1) is 8.19. The normalized spacial score (nSPS) is 13.2. The van der Waals surface area contributed by atoms with Crippen LogP contribution in [0.15, 0.2) is 34.8 Å². The Hall–Kier alpha value is -0.640. The standard InChI is InChI=1S/C14H21BrN2/c1-3-4-5-8-17-14(10-16)12-6-7-13(15)11(2)9-12/h3-4,6-7,9,14,17H,5,8,10,16H2,1-2H3/b4-3+. The van der Waals surface area contributed by atoms with Crippen molar-refractivity contribution in [2.75, 3.05) is 13.1 Å². The van der Waals surface area contributed by atoms with E-state index < -0.39 is 0 Å². The van der Waals surface area contributed by atoms with Crippen LogP contribution < -0.4 is 11.1 Å². The van der Waals surface area contributed by atoms with Gasteiger partial charge >= 0.3 is 0 Å². The predicted molar refractivity (Wildman–Crippen MR) is 78.1 cm³/mol. The molecule has 3 heteroatoms. The zero-order chi connectivity index (χ0) is 12.7. The highest BCUT2D eigenvalue weighted by Gasteiger charge is 2.09. The smallest absolute Gasteiger partial charge is 0.0444 e. The second kappa shape index (κ2) is 7.64. The lowest BCUT2D eigenvalue weighted by molar-refractivity contribution is 0.548. The van der Waals surface area contributed by atoms with Crippen LogP contribution in [0, 0.1) is 6.92 Å². The molecule has 17 heavy (non-hydrogen) atoms. The summed E-state index contributed by atoms with van der Waals surface area (Å²) in [6.07, 6.45) is 5.28. The largest absolute Gasteiger partial charge is 0.329 e. The number of aryl methyl sites for hydroxylation is 1. The van der Waals surface area contributed by atoms with Crippen LogP contribution in [0.1, 0.15) is 30.5 Å². The molecule has 0 aliphatic heterocycles. The number of nitrogens with two attached hydrogens (primary N) is 1. The molecule has 0 saturated heterocycles. The van der Waals surface area contributed by atoms with Crippen molar-refractivity contribution in [3.8, 4) is 0 Å². The molecule has 0 spiro atoms. The Labute approximate surface area is 112 Å². The molecule has 3 N–H and O–H groups in total. The van der Waals surface area contributed by atoms with Gasteiger partial charge in [-0.3, -0.25) is 0 Å². The predicted octanol–water partition coefficient (Wildman–Crippen LogP) is 3.31. The molecule has 0 radical (unpaired) electrons. The van der Waals surface area contributed by atoms with E-state index in [1.807, 2.05) is 6.92 Å². The summed E-state index contributed by atoms with van der Waals surface area (Å²) in [5, 5.41) is 3.48. The third kappa shape index (κ3) is 4.62. The van der Waals surface area contributed by atoms with Crippen molar-refractivity contribution < 1.29 is 0 Å². The highest BCUT2D eigenvalue weighted by atomic mass is 79.9. The van der Waals surface area contributed by atoms with Crippen LogP contribution in [0.3, 0.4) is 0 Å². The lowest BCUT2D eigenvalue weighted by Gasteiger charge is -2.17. The summed E-state index contributed by atoms with van der Waals surface area (Å²) >= 11 is 3.51. The molecular weight excluding hydrogens is 276 g/mol. The average molecular weight is 297 g/mol. The Morgan fingerprint density at radius 1 is 1.47 bits per heavy atom. The second-order valence-electron chi connectivity index (χ2n) is 4.11. The SMILES string of the molecule is C/C=C/CCNC(CN)c1ccc(Br)c(C)c1. The molecule has 0 aliphatic carbocycles. The fraction of sp³-hybridized carbons (Fsp3) is 0.429. The average Bonchev–Trinajstić information content (AvgIpc) is 2.33. The Balaban J connectivity index is 2.62. The van der Waals surface area contributed by atoms with E-state index in [-0.39, 0.29) is 6.04 Å². The number of hydrogen-bond donors (Lipinski definition) is 2. The van der Waals surface area contributed by atoms with Gasteiger partial charge in [0.2, 0.25) is 0 Å². The van der Waals surface area contributed by atoms with Crippen molar-refractivity contribution in [3.63, 3.8) is 0 Å². The van der Waals surface area contributed by atoms with Crippen LogP contribution in [0.25, 0.3) is 0 Å². The van der Waals surface area contributed by atoms with E-state index in [9.17, 15) is 0 Å². The fourth-order valence-electron chi connectivity index (χ4n) is 1.73. The number of halogens is 1. The van der Waals surface area contributed by atoms with Gasteiger partial charge in [0.05, 0.1) is 0 Å². The lowest BCUT2D eigenvalue weighted by atomic mass is 10.0. The number of hydrogen-bond acceptors (Lipinski definition) is 2. The lowest BCUT2D eigenvalue weighted by Crippen LogP contribution is -2.28. The molecule has 1 atom stereocenters. The molecule has 2 nitrogen and oxygen atoms in total. The minimum absolute atomic E-state index is 0.243. The van der Waals surface area contributed by atoms with Gasteiger partial charge in [-0.1, -0.05) is 40.2 Å². The minimum atomic E-state index is 0.243. The van der Waals surface area contributed by atoms with Gasteiger partial charge in [0.1, 0.15) is 0 Å². The zero-order valence-electron chi connectivity index (χ0n) is 10.5. The van der Waals surface area contributed by atoms with E-state index >= 15 is 0 Å². The van der Waals surface area contributed by atoms with Crippen molar-refractivity contribution in [2.45, 2.75) is 26.3 Å². The zero-order valence-corrected chi connectivity index (χ0v) is 12.1. The molecule has 1 unspecified atom stereocenters. The van der Waals surface area contributed by atoms with Crippen LogP contribution in [0.4, 0.5) is 0 Å². The molecule has 0 bridgehead atoms. The molecule has 1 rings (SSSR count). The molecular formula is C14H21BrN2. The second-order valence-corrected chi connectivity index (χ2v) is 4.96. The van der Waals surface area contributed by atoms with Crippen molar-refractivity contribution >= 4 is 15.9 Å². The highest BCUT2D eigenvalue weighted by molar-refractivity contribution is 9.10. The Kier molecular flexibility index (Phi) is 6.48. The maximum Gasteiger partial charge on any atom is 0.0444 e. The van der Waals surface area contributed by atoms with Crippen molar-refractivity contribution in [3.05, 3.63) is 46.0 Å². The molecule has 94 valence electrons. The monoisotopic (exact) mass is 296 g/mol. The number of benzene rings is 1. The van der Waals surface area contributed by atoms with Gasteiger partial charge in [0.15, 0.2) is 0 Å². The molecule has 1 aromatic carbocycles. The summed E-state index contributed by atoms with van der Waals surface area (Å²) in [6, 6.07) is 6.63. The van der Waals surface area contributed by atoms with E-state index in [4.69, 9.17) is 5.73 Å². The maximum atomic E-state index is 5.82. The summed E-state index contributed by atoms with van der Waals surface area (Å²) < 4.78 is 1.14. The summed E-state index contributed by atoms with van der Waals surface area (Å²) in [7, 11) is 0. The molecule has 1 aromatic rings. The number of rotatable bonds is 6. The summed E-state index contributed by atoms with van der Waals surface area (Å²) in [5.41, 5.74) is 8.32. The number of allylic oxidation sites excluding steroid dienone is 1. The molecule has 0 heterocycles. The molecule has 0 aliphatic rings. The molecule has 0 fully saturated rings. The van der Waals surface area contributed by atoms with Crippen LogP contribution in [0.2, 0.25) is 0 Å². The summed E-state index contributed by atoms with van der Waals surface area (Å²) in [5.74, 6) is 0. The number of nitrogens with one attached hydrogen (secondary N) is 1. The first-order valence-corrected chi connectivity index (χ1v) is 6.79. The van der Waals surface area contributed by atoms with E-state index in [0.717, 1.165) is 17.4 Å². The Morgan fingerprint density at radius 3 is 2.82 bits per heavy atom. The van der Waals surface area contributed by atoms with E-state index in [2.05, 4.69) is 58.5 Å². The third-order valence-electron chi connectivity index (χ3n) is 2.76. The van der Waals surface area contributed by atoms with Gasteiger partial charge in [0.25, 0.3) is 0 Å². The van der Waals surface area contributed by atoms with Crippen LogP contribution >= 0.6 is 15.9 Å². The van der Waals surface area contributed by atoms with Gasteiger partial charge in [-0.05, 0) is 44.0 Å². The Bertz CT molecular complexity index is 374. The van der Waals surface area contributed by atoms with E-state index in [1.165, 1.54) is 11.1 Å². The van der Waals surface area contributed by atoms with Crippen molar-refractivity contribution in [2.24, 2.45) is 5.73 Å². The molecule has 0 saturated carbocycles. The maximum absolute atomic E-state index is 5.82. The summed E-state index contributed by atoms with van der Waals surface area (Å²) in [4.78, 5) is 0. The van der Waals surface area contributed by atoms with Crippen LogP contribution in [0.5, 0.6) is 0 Å². The van der Waals surface area contributed by atoms with Crippen LogP contribution in [-0.4, -0.2) is 13.1 Å². The van der Waals surface area contributed by atoms with Gasteiger partial charge in [-0.15, -0.1) is 0 Å². The fourth-order valence-corrected chi connectivity index (χ4v) is 1.98. The topological polar surface area (TPSA) is 38.0 Å². The summed E-state index contributed by atoms with van der Waals surface area (Å²) in [6.45, 7) is 5.72. The van der Waals surface area contributed by atoms with Gasteiger partial charge in [-0.2, -0.15) is 0 Å².